The fourth-order valence-corrected chi connectivity index (χ4v) is 6.30. The summed E-state index contributed by atoms with van der Waals surface area (Å²) in [7, 11) is -3.58. The molecule has 2 amide bonds. The van der Waals surface area contributed by atoms with Gasteiger partial charge in [0.1, 0.15) is 0 Å². The monoisotopic (exact) mass is 467 g/mol. The predicted molar refractivity (Wildman–Crippen MR) is 125 cm³/mol. The number of hydrogen-bond donors (Lipinski definition) is 1. The van der Waals surface area contributed by atoms with Gasteiger partial charge in [-0.15, -0.1) is 0 Å². The van der Waals surface area contributed by atoms with E-state index < -0.39 is 10.0 Å². The number of hydrogen-bond acceptors (Lipinski definition) is 4. The van der Waals surface area contributed by atoms with E-state index in [9.17, 15) is 18.0 Å². The van der Waals surface area contributed by atoms with E-state index in [-0.39, 0.29) is 30.8 Å². The average Bonchev–Trinajstić information content (AvgIpc) is 3.37. The predicted octanol–water partition coefficient (Wildman–Crippen LogP) is 2.92. The van der Waals surface area contributed by atoms with Gasteiger partial charge in [0.25, 0.3) is 5.91 Å². The second-order valence-electron chi connectivity index (χ2n) is 9.37. The summed E-state index contributed by atoms with van der Waals surface area (Å²) in [5.74, 6) is 0.321. The van der Waals surface area contributed by atoms with Gasteiger partial charge >= 0.3 is 0 Å². The van der Waals surface area contributed by atoms with Crippen LogP contribution >= 0.6 is 0 Å². The van der Waals surface area contributed by atoms with Crippen molar-refractivity contribution in [2.75, 3.05) is 31.5 Å². The summed E-state index contributed by atoms with van der Waals surface area (Å²) in [5, 5.41) is 2.90. The standard InChI is InChI=1S/C25H29N3O4S/c1-17-14-23(17)24(29)26-21-7-3-6-20(15-21)25(30)27-10-12-28(13-11-27)33(31,32)22-9-8-18-4-2-5-19(18)16-22/h3,6-9,15-17,23H,2,4-5,10-14H2,1H3,(H,26,29). The maximum absolute atomic E-state index is 13.1. The minimum atomic E-state index is -3.58. The highest BCUT2D eigenvalue weighted by Crippen LogP contribution is 2.38. The molecule has 0 radical (unpaired) electrons. The first-order valence-corrected chi connectivity index (χ1v) is 13.1. The van der Waals surface area contributed by atoms with E-state index in [0.717, 1.165) is 31.2 Å². The molecule has 3 aliphatic rings. The third-order valence-corrected chi connectivity index (χ3v) is 8.95. The number of nitrogens with one attached hydrogen (secondary N) is 1. The Morgan fingerprint density at radius 3 is 2.42 bits per heavy atom. The zero-order valence-corrected chi connectivity index (χ0v) is 19.6. The smallest absolute Gasteiger partial charge is 0.254 e. The molecule has 2 aliphatic carbocycles. The number of aryl methyl sites for hydroxylation is 2. The van der Waals surface area contributed by atoms with Gasteiger partial charge in [-0.05, 0) is 73.1 Å². The largest absolute Gasteiger partial charge is 0.336 e. The molecule has 0 spiro atoms. The van der Waals surface area contributed by atoms with Crippen molar-refractivity contribution in [3.8, 4) is 0 Å². The van der Waals surface area contributed by atoms with E-state index in [1.807, 2.05) is 19.1 Å². The van der Waals surface area contributed by atoms with Gasteiger partial charge in [0.2, 0.25) is 15.9 Å². The van der Waals surface area contributed by atoms with Gasteiger partial charge in [0.15, 0.2) is 0 Å². The molecule has 33 heavy (non-hydrogen) atoms. The van der Waals surface area contributed by atoms with Crippen molar-refractivity contribution in [3.63, 3.8) is 0 Å². The van der Waals surface area contributed by atoms with Crippen molar-refractivity contribution >= 4 is 27.5 Å². The number of piperazine rings is 1. The SMILES string of the molecule is CC1CC1C(=O)Nc1cccc(C(=O)N2CCN(S(=O)(=O)c3ccc4c(c3)CCC4)CC2)c1. The lowest BCUT2D eigenvalue weighted by molar-refractivity contribution is -0.117. The van der Waals surface area contributed by atoms with Crippen LogP contribution in [0.25, 0.3) is 0 Å². The zero-order valence-electron chi connectivity index (χ0n) is 18.8. The highest BCUT2D eigenvalue weighted by atomic mass is 32.2. The third-order valence-electron chi connectivity index (χ3n) is 7.06. The van der Waals surface area contributed by atoms with Gasteiger partial charge in [0, 0.05) is 43.3 Å². The van der Waals surface area contributed by atoms with Crippen LogP contribution in [0.1, 0.15) is 41.3 Å². The highest BCUT2D eigenvalue weighted by Gasteiger charge is 2.39. The minimum Gasteiger partial charge on any atom is -0.336 e. The van der Waals surface area contributed by atoms with Crippen LogP contribution in [-0.4, -0.2) is 55.6 Å². The summed E-state index contributed by atoms with van der Waals surface area (Å²) >= 11 is 0. The number of carbonyl (C=O) groups excluding carboxylic acids is 2. The van der Waals surface area contributed by atoms with Crippen molar-refractivity contribution in [1.29, 1.82) is 0 Å². The third kappa shape index (κ3) is 4.42. The second-order valence-corrected chi connectivity index (χ2v) is 11.3. The Balaban J connectivity index is 1.22. The first-order chi connectivity index (χ1) is 15.8. The van der Waals surface area contributed by atoms with Crippen LogP contribution in [-0.2, 0) is 27.7 Å². The van der Waals surface area contributed by atoms with Crippen LogP contribution in [0.2, 0.25) is 0 Å². The van der Waals surface area contributed by atoms with Crippen LogP contribution in [0.3, 0.4) is 0 Å². The van der Waals surface area contributed by atoms with E-state index >= 15 is 0 Å². The summed E-state index contributed by atoms with van der Waals surface area (Å²) in [6, 6.07) is 12.4. The lowest BCUT2D eigenvalue weighted by atomic mass is 10.1. The number of carbonyl (C=O) groups is 2. The number of benzene rings is 2. The van der Waals surface area contributed by atoms with E-state index in [2.05, 4.69) is 5.32 Å². The van der Waals surface area contributed by atoms with Gasteiger partial charge in [-0.25, -0.2) is 8.42 Å². The van der Waals surface area contributed by atoms with Gasteiger partial charge in [0.05, 0.1) is 4.90 Å². The van der Waals surface area contributed by atoms with Gasteiger partial charge in [-0.3, -0.25) is 9.59 Å². The molecule has 174 valence electrons. The topological polar surface area (TPSA) is 86.8 Å². The number of amides is 2. The average molecular weight is 468 g/mol. The molecule has 2 atom stereocenters. The molecule has 5 rings (SSSR count). The molecule has 2 unspecified atom stereocenters. The molecule has 0 aromatic heterocycles. The molecule has 2 fully saturated rings. The van der Waals surface area contributed by atoms with Crippen LogP contribution in [0, 0.1) is 11.8 Å². The summed E-state index contributed by atoms with van der Waals surface area (Å²) in [4.78, 5) is 27.3. The maximum Gasteiger partial charge on any atom is 0.254 e. The van der Waals surface area contributed by atoms with E-state index in [1.165, 1.54) is 9.87 Å². The van der Waals surface area contributed by atoms with Crippen LogP contribution in [0.5, 0.6) is 0 Å². The molecule has 2 aromatic rings. The fraction of sp³-hybridized carbons (Fsp3) is 0.440. The number of fused-ring (bicyclic) bond motifs is 1. The van der Waals surface area contributed by atoms with Crippen molar-refractivity contribution in [3.05, 3.63) is 59.2 Å². The molecule has 1 N–H and O–H groups in total. The van der Waals surface area contributed by atoms with Crippen LogP contribution < -0.4 is 5.32 Å². The Morgan fingerprint density at radius 2 is 1.70 bits per heavy atom. The minimum absolute atomic E-state index is 0.00234. The van der Waals surface area contributed by atoms with Crippen molar-refractivity contribution < 1.29 is 18.0 Å². The molecule has 7 nitrogen and oxygen atoms in total. The normalized spacial score (nSPS) is 22.6. The number of sulfonamides is 1. The molecule has 1 saturated heterocycles. The van der Waals surface area contributed by atoms with Crippen LogP contribution in [0.4, 0.5) is 5.69 Å². The Kier molecular flexibility index (Phi) is 5.74. The number of anilines is 1. The molecular weight excluding hydrogens is 438 g/mol. The van der Waals surface area contributed by atoms with Crippen molar-refractivity contribution in [2.24, 2.45) is 11.8 Å². The Morgan fingerprint density at radius 1 is 0.970 bits per heavy atom. The molecule has 1 aliphatic heterocycles. The molecule has 1 saturated carbocycles. The Labute approximate surface area is 194 Å². The number of rotatable bonds is 5. The molecule has 2 aromatic carbocycles. The molecular formula is C25H29N3O4S. The summed E-state index contributed by atoms with van der Waals surface area (Å²) in [6.07, 6.45) is 3.93. The highest BCUT2D eigenvalue weighted by molar-refractivity contribution is 7.89. The lowest BCUT2D eigenvalue weighted by Crippen LogP contribution is -2.50. The number of nitrogens with zero attached hydrogens (tertiary/aromatic N) is 2. The fourth-order valence-electron chi connectivity index (χ4n) is 4.82. The quantitative estimate of drug-likeness (QED) is 0.733. The van der Waals surface area contributed by atoms with E-state index in [4.69, 9.17) is 0 Å². The first kappa shape index (κ1) is 22.1. The van der Waals surface area contributed by atoms with Gasteiger partial charge in [-0.2, -0.15) is 4.31 Å². The maximum atomic E-state index is 13.1. The molecule has 0 bridgehead atoms. The van der Waals surface area contributed by atoms with E-state index in [1.54, 1.807) is 35.2 Å². The second kappa shape index (κ2) is 8.57. The molecule has 8 heteroatoms. The first-order valence-electron chi connectivity index (χ1n) is 11.6. The summed E-state index contributed by atoms with van der Waals surface area (Å²) in [6.45, 7) is 3.25. The Bertz CT molecular complexity index is 1200. The van der Waals surface area contributed by atoms with Crippen molar-refractivity contribution in [2.45, 2.75) is 37.5 Å². The molecule has 1 heterocycles. The van der Waals surface area contributed by atoms with Gasteiger partial charge in [-0.1, -0.05) is 19.1 Å². The van der Waals surface area contributed by atoms with Crippen molar-refractivity contribution in [1.82, 2.24) is 9.21 Å². The summed E-state index contributed by atoms with van der Waals surface area (Å²) in [5.41, 5.74) is 3.48. The summed E-state index contributed by atoms with van der Waals surface area (Å²) < 4.78 is 27.8. The lowest BCUT2D eigenvalue weighted by Gasteiger charge is -2.34. The van der Waals surface area contributed by atoms with Crippen LogP contribution in [0.15, 0.2) is 47.4 Å². The van der Waals surface area contributed by atoms with Gasteiger partial charge < -0.3 is 10.2 Å². The Hall–Kier alpha value is -2.71. The zero-order chi connectivity index (χ0) is 23.2. The van der Waals surface area contributed by atoms with E-state index in [0.29, 0.717) is 35.2 Å².